The smallest absolute Gasteiger partial charge is 0.265 e. The van der Waals surface area contributed by atoms with Crippen LogP contribution < -0.4 is 16.0 Å². The Labute approximate surface area is 164 Å². The summed E-state index contributed by atoms with van der Waals surface area (Å²) in [6.45, 7) is -0.320. The molecule has 0 saturated carbocycles. The molecular formula is C20H16FN3O3S. The Morgan fingerprint density at radius 3 is 2.32 bits per heavy atom. The van der Waals surface area contributed by atoms with Gasteiger partial charge >= 0.3 is 0 Å². The van der Waals surface area contributed by atoms with E-state index in [0.29, 0.717) is 16.3 Å². The van der Waals surface area contributed by atoms with Gasteiger partial charge in [0.25, 0.3) is 11.8 Å². The van der Waals surface area contributed by atoms with Crippen LogP contribution in [0.3, 0.4) is 0 Å². The van der Waals surface area contributed by atoms with Gasteiger partial charge in [0.2, 0.25) is 5.91 Å². The van der Waals surface area contributed by atoms with E-state index in [-0.39, 0.29) is 18.0 Å². The topological polar surface area (TPSA) is 87.3 Å². The van der Waals surface area contributed by atoms with Crippen LogP contribution in [-0.2, 0) is 4.79 Å². The second-order valence-electron chi connectivity index (χ2n) is 5.72. The molecule has 0 aliphatic rings. The lowest BCUT2D eigenvalue weighted by molar-refractivity contribution is -0.115. The summed E-state index contributed by atoms with van der Waals surface area (Å²) in [5.74, 6) is -2.05. The van der Waals surface area contributed by atoms with Crippen LogP contribution in [0.25, 0.3) is 0 Å². The number of anilines is 2. The highest BCUT2D eigenvalue weighted by Gasteiger charge is 2.12. The van der Waals surface area contributed by atoms with Crippen molar-refractivity contribution in [3.8, 4) is 0 Å². The third-order valence-corrected chi connectivity index (χ3v) is 4.55. The Kier molecular flexibility index (Phi) is 6.13. The lowest BCUT2D eigenvalue weighted by Crippen LogP contribution is -2.33. The van der Waals surface area contributed by atoms with Crippen LogP contribution in [0, 0.1) is 5.82 Å². The number of halogens is 1. The maximum atomic E-state index is 13.6. The van der Waals surface area contributed by atoms with Crippen LogP contribution in [0.5, 0.6) is 0 Å². The van der Waals surface area contributed by atoms with Gasteiger partial charge in [0.1, 0.15) is 5.82 Å². The molecule has 0 bridgehead atoms. The van der Waals surface area contributed by atoms with Gasteiger partial charge in [0.05, 0.1) is 17.0 Å². The summed E-state index contributed by atoms with van der Waals surface area (Å²) in [5, 5.41) is 9.53. The number of hydrogen-bond donors (Lipinski definition) is 3. The highest BCUT2D eigenvalue weighted by molar-refractivity contribution is 7.12. The van der Waals surface area contributed by atoms with Crippen LogP contribution >= 0.6 is 11.3 Å². The average Bonchev–Trinajstić information content (AvgIpc) is 3.22. The van der Waals surface area contributed by atoms with Gasteiger partial charge < -0.3 is 16.0 Å². The van der Waals surface area contributed by atoms with E-state index >= 15 is 0 Å². The summed E-state index contributed by atoms with van der Waals surface area (Å²) in [5.41, 5.74) is 0.842. The zero-order valence-electron chi connectivity index (χ0n) is 14.6. The lowest BCUT2D eigenvalue weighted by atomic mass is 10.2. The Morgan fingerprint density at radius 1 is 0.857 bits per heavy atom. The van der Waals surface area contributed by atoms with E-state index in [1.54, 1.807) is 41.8 Å². The average molecular weight is 397 g/mol. The number of rotatable bonds is 6. The van der Waals surface area contributed by atoms with Crippen LogP contribution in [0.1, 0.15) is 20.0 Å². The highest BCUT2D eigenvalue weighted by Crippen LogP contribution is 2.17. The number of benzene rings is 2. The SMILES string of the molecule is O=C(CNC(=O)c1ccccc1F)Nc1cccc(NC(=O)c2cccs2)c1. The van der Waals surface area contributed by atoms with Crippen LogP contribution in [0.2, 0.25) is 0 Å². The van der Waals surface area contributed by atoms with Gasteiger partial charge in [-0.05, 0) is 41.8 Å². The predicted molar refractivity (Wildman–Crippen MR) is 106 cm³/mol. The molecule has 1 heterocycles. The van der Waals surface area contributed by atoms with Crippen molar-refractivity contribution in [3.05, 3.63) is 82.3 Å². The Hall–Kier alpha value is -3.52. The summed E-state index contributed by atoms with van der Waals surface area (Å²) < 4.78 is 13.6. The standard InChI is InChI=1S/C20H16FN3O3S/c21-16-8-2-1-7-15(16)19(26)22-12-18(25)23-13-5-3-6-14(11-13)24-20(27)17-9-4-10-28-17/h1-11H,12H2,(H,22,26)(H,23,25)(H,24,27). The molecule has 3 amide bonds. The van der Waals surface area contributed by atoms with Crippen molar-refractivity contribution in [2.24, 2.45) is 0 Å². The number of carbonyl (C=O) groups is 3. The first-order valence-electron chi connectivity index (χ1n) is 8.30. The zero-order chi connectivity index (χ0) is 19.9. The van der Waals surface area contributed by atoms with Crippen molar-refractivity contribution in [1.29, 1.82) is 0 Å². The van der Waals surface area contributed by atoms with E-state index in [0.717, 1.165) is 0 Å². The molecule has 8 heteroatoms. The molecule has 2 aromatic carbocycles. The molecule has 3 aromatic rings. The Balaban J connectivity index is 1.55. The summed E-state index contributed by atoms with van der Waals surface area (Å²) >= 11 is 1.32. The predicted octanol–water partition coefficient (Wildman–Crippen LogP) is 3.51. The van der Waals surface area contributed by atoms with Gasteiger partial charge in [-0.15, -0.1) is 11.3 Å². The summed E-state index contributed by atoms with van der Waals surface area (Å²) in [4.78, 5) is 36.6. The third-order valence-electron chi connectivity index (χ3n) is 3.68. The number of amides is 3. The van der Waals surface area contributed by atoms with Gasteiger partial charge in [0, 0.05) is 11.4 Å². The molecule has 0 atom stereocenters. The maximum Gasteiger partial charge on any atom is 0.265 e. The van der Waals surface area contributed by atoms with Crippen molar-refractivity contribution in [1.82, 2.24) is 5.32 Å². The quantitative estimate of drug-likeness (QED) is 0.595. The van der Waals surface area contributed by atoms with E-state index in [4.69, 9.17) is 0 Å². The third kappa shape index (κ3) is 5.01. The Morgan fingerprint density at radius 2 is 1.61 bits per heavy atom. The second-order valence-corrected chi connectivity index (χ2v) is 6.67. The number of carbonyl (C=O) groups excluding carboxylic acids is 3. The molecule has 3 N–H and O–H groups in total. The van der Waals surface area contributed by atoms with E-state index in [9.17, 15) is 18.8 Å². The van der Waals surface area contributed by atoms with Gasteiger partial charge in [-0.2, -0.15) is 0 Å². The Bertz CT molecular complexity index is 1010. The van der Waals surface area contributed by atoms with Gasteiger partial charge in [-0.25, -0.2) is 4.39 Å². The maximum absolute atomic E-state index is 13.6. The molecule has 0 radical (unpaired) electrons. The number of nitrogens with one attached hydrogen (secondary N) is 3. The molecule has 1 aromatic heterocycles. The van der Waals surface area contributed by atoms with Gasteiger partial charge in [-0.3, -0.25) is 14.4 Å². The molecule has 28 heavy (non-hydrogen) atoms. The van der Waals surface area contributed by atoms with E-state index in [1.165, 1.54) is 35.6 Å². The van der Waals surface area contributed by atoms with Crippen LogP contribution in [0.4, 0.5) is 15.8 Å². The summed E-state index contributed by atoms with van der Waals surface area (Å²) in [7, 11) is 0. The first-order chi connectivity index (χ1) is 13.5. The van der Waals surface area contributed by atoms with Crippen molar-refractivity contribution in [3.63, 3.8) is 0 Å². The largest absolute Gasteiger partial charge is 0.343 e. The van der Waals surface area contributed by atoms with Crippen molar-refractivity contribution in [2.75, 3.05) is 17.2 Å². The minimum absolute atomic E-state index is 0.131. The molecule has 0 aliphatic carbocycles. The fourth-order valence-corrected chi connectivity index (χ4v) is 3.00. The molecule has 0 fully saturated rings. The number of thiophene rings is 1. The van der Waals surface area contributed by atoms with Gasteiger partial charge in [-0.1, -0.05) is 24.3 Å². The zero-order valence-corrected chi connectivity index (χ0v) is 15.4. The monoisotopic (exact) mass is 397 g/mol. The molecule has 3 rings (SSSR count). The highest BCUT2D eigenvalue weighted by atomic mass is 32.1. The summed E-state index contributed by atoms with van der Waals surface area (Å²) in [6.07, 6.45) is 0. The minimum Gasteiger partial charge on any atom is -0.343 e. The minimum atomic E-state index is -0.676. The van der Waals surface area contributed by atoms with Crippen LogP contribution in [-0.4, -0.2) is 24.3 Å². The molecule has 0 aliphatic heterocycles. The summed E-state index contributed by atoms with van der Waals surface area (Å²) in [6, 6.07) is 15.6. The first-order valence-corrected chi connectivity index (χ1v) is 9.18. The second kappa shape index (κ2) is 8.92. The molecule has 6 nitrogen and oxygen atoms in total. The van der Waals surface area contributed by atoms with E-state index < -0.39 is 17.6 Å². The fraction of sp³-hybridized carbons (Fsp3) is 0.0500. The van der Waals surface area contributed by atoms with Crippen molar-refractivity contribution < 1.29 is 18.8 Å². The first kappa shape index (κ1) is 19.2. The van der Waals surface area contributed by atoms with Crippen molar-refractivity contribution >= 4 is 40.4 Å². The van der Waals surface area contributed by atoms with Crippen LogP contribution in [0.15, 0.2) is 66.0 Å². The van der Waals surface area contributed by atoms with Crippen molar-refractivity contribution in [2.45, 2.75) is 0 Å². The normalized spacial score (nSPS) is 10.2. The molecule has 142 valence electrons. The number of hydrogen-bond acceptors (Lipinski definition) is 4. The molecular weight excluding hydrogens is 381 g/mol. The van der Waals surface area contributed by atoms with Gasteiger partial charge in [0.15, 0.2) is 0 Å². The lowest BCUT2D eigenvalue weighted by Gasteiger charge is -2.09. The fourth-order valence-electron chi connectivity index (χ4n) is 2.38. The van der Waals surface area contributed by atoms with E-state index in [2.05, 4.69) is 16.0 Å². The van der Waals surface area contributed by atoms with E-state index in [1.807, 2.05) is 0 Å². The molecule has 0 saturated heterocycles. The molecule has 0 spiro atoms. The molecule has 0 unspecified atom stereocenters.